The van der Waals surface area contributed by atoms with Gasteiger partial charge in [0, 0.05) is 25.9 Å². The van der Waals surface area contributed by atoms with Crippen LogP contribution in [0.4, 0.5) is 0 Å². The van der Waals surface area contributed by atoms with E-state index in [0.29, 0.717) is 6.42 Å². The lowest BCUT2D eigenvalue weighted by molar-refractivity contribution is -0.121. The quantitative estimate of drug-likeness (QED) is 0.216. The summed E-state index contributed by atoms with van der Waals surface area (Å²) in [5.41, 5.74) is 4.76. The van der Waals surface area contributed by atoms with E-state index in [1.807, 2.05) is 18.2 Å². The van der Waals surface area contributed by atoms with Crippen molar-refractivity contribution >= 4 is 27.7 Å². The maximum atomic E-state index is 12.2. The summed E-state index contributed by atoms with van der Waals surface area (Å²) in [6, 6.07) is 33.7. The molecule has 36 heavy (non-hydrogen) atoms. The average Bonchev–Trinajstić information content (AvgIpc) is 3.27. The number of carbonyl (C=O) groups excluding carboxylic acids is 1. The average molecular weight is 476 g/mol. The number of rotatable bonds is 11. The second-order valence-corrected chi connectivity index (χ2v) is 9.39. The van der Waals surface area contributed by atoms with Crippen LogP contribution >= 0.6 is 0 Å². The third-order valence-corrected chi connectivity index (χ3v) is 6.82. The molecule has 5 aromatic rings. The van der Waals surface area contributed by atoms with Crippen LogP contribution in [0.2, 0.25) is 0 Å². The summed E-state index contributed by atoms with van der Waals surface area (Å²) >= 11 is 0. The maximum absolute atomic E-state index is 12.2. The summed E-state index contributed by atoms with van der Waals surface area (Å²) in [4.78, 5) is 17.1. The van der Waals surface area contributed by atoms with E-state index in [1.165, 1.54) is 27.4 Å². The molecule has 0 aliphatic heterocycles. The van der Waals surface area contributed by atoms with Crippen molar-refractivity contribution in [2.75, 3.05) is 6.54 Å². The van der Waals surface area contributed by atoms with Gasteiger partial charge in [0.25, 0.3) is 0 Å². The van der Waals surface area contributed by atoms with Crippen molar-refractivity contribution < 1.29 is 4.79 Å². The Hall–Kier alpha value is -3.92. The zero-order valence-corrected chi connectivity index (χ0v) is 20.7. The molecule has 182 valence electrons. The van der Waals surface area contributed by atoms with Crippen LogP contribution in [0.15, 0.2) is 97.1 Å². The highest BCUT2D eigenvalue weighted by Crippen LogP contribution is 2.24. The molecule has 4 heteroatoms. The summed E-state index contributed by atoms with van der Waals surface area (Å²) in [6.07, 6.45) is 5.37. The molecule has 1 aromatic heterocycles. The fourth-order valence-electron chi connectivity index (χ4n) is 4.90. The molecular formula is C32H33N3O. The smallest absolute Gasteiger partial charge is 0.220 e. The highest BCUT2D eigenvalue weighted by Gasteiger charge is 2.12. The number of hydrogen-bond donors (Lipinski definition) is 1. The Morgan fingerprint density at radius 3 is 2.44 bits per heavy atom. The first-order chi connectivity index (χ1) is 17.8. The van der Waals surface area contributed by atoms with Crippen LogP contribution in [-0.2, 0) is 24.2 Å². The monoisotopic (exact) mass is 475 g/mol. The van der Waals surface area contributed by atoms with Crippen LogP contribution < -0.4 is 5.32 Å². The Morgan fingerprint density at radius 1 is 0.750 bits per heavy atom. The maximum Gasteiger partial charge on any atom is 0.220 e. The molecule has 4 nitrogen and oxygen atoms in total. The number of aryl methyl sites for hydroxylation is 2. The van der Waals surface area contributed by atoms with Gasteiger partial charge in [-0.25, -0.2) is 4.98 Å². The number of carbonyl (C=O) groups is 1. The van der Waals surface area contributed by atoms with Crippen LogP contribution in [-0.4, -0.2) is 22.0 Å². The first-order valence-corrected chi connectivity index (χ1v) is 13.0. The number of imidazole rings is 1. The lowest BCUT2D eigenvalue weighted by Crippen LogP contribution is -2.24. The molecule has 0 saturated heterocycles. The van der Waals surface area contributed by atoms with Gasteiger partial charge in [-0.05, 0) is 53.3 Å². The zero-order chi connectivity index (χ0) is 24.6. The molecule has 1 heterocycles. The first kappa shape index (κ1) is 23.8. The van der Waals surface area contributed by atoms with Gasteiger partial charge >= 0.3 is 0 Å². The molecule has 5 rings (SSSR count). The summed E-state index contributed by atoms with van der Waals surface area (Å²) in [5.74, 6) is 1.27. The Labute approximate surface area is 213 Å². The number of benzene rings is 4. The van der Waals surface area contributed by atoms with Gasteiger partial charge in [0.1, 0.15) is 5.82 Å². The Bertz CT molecular complexity index is 1430. The third-order valence-electron chi connectivity index (χ3n) is 6.82. The normalized spacial score (nSPS) is 11.2. The number of unbranched alkanes of at least 4 members (excludes halogenated alkanes) is 2. The van der Waals surface area contributed by atoms with E-state index < -0.39 is 0 Å². The van der Waals surface area contributed by atoms with Gasteiger partial charge in [0.2, 0.25) is 5.91 Å². The van der Waals surface area contributed by atoms with Crippen molar-refractivity contribution in [2.24, 2.45) is 0 Å². The molecule has 1 amide bonds. The van der Waals surface area contributed by atoms with Gasteiger partial charge < -0.3 is 9.88 Å². The van der Waals surface area contributed by atoms with Gasteiger partial charge in [-0.15, -0.1) is 0 Å². The number of amides is 1. The summed E-state index contributed by atoms with van der Waals surface area (Å²) in [7, 11) is 0. The van der Waals surface area contributed by atoms with E-state index in [4.69, 9.17) is 4.98 Å². The van der Waals surface area contributed by atoms with E-state index in [0.717, 1.165) is 56.5 Å². The van der Waals surface area contributed by atoms with E-state index in [1.54, 1.807) is 0 Å². The number of nitrogens with zero attached hydrogens (tertiary/aromatic N) is 2. The van der Waals surface area contributed by atoms with Crippen LogP contribution in [0.5, 0.6) is 0 Å². The molecule has 0 aliphatic carbocycles. The van der Waals surface area contributed by atoms with E-state index in [9.17, 15) is 4.79 Å². The van der Waals surface area contributed by atoms with Crippen LogP contribution in [0.3, 0.4) is 0 Å². The van der Waals surface area contributed by atoms with Gasteiger partial charge in [0.15, 0.2) is 0 Å². The third kappa shape index (κ3) is 5.83. The van der Waals surface area contributed by atoms with Crippen LogP contribution in [0.25, 0.3) is 21.8 Å². The minimum absolute atomic E-state index is 0.135. The van der Waals surface area contributed by atoms with Crippen molar-refractivity contribution in [3.8, 4) is 0 Å². The van der Waals surface area contributed by atoms with E-state index >= 15 is 0 Å². The lowest BCUT2D eigenvalue weighted by Gasteiger charge is -2.12. The second kappa shape index (κ2) is 11.7. The number of nitrogens with one attached hydrogen (secondary N) is 1. The van der Waals surface area contributed by atoms with Gasteiger partial charge in [-0.1, -0.05) is 91.3 Å². The molecule has 0 fully saturated rings. The molecule has 0 saturated carbocycles. The Kier molecular flexibility index (Phi) is 7.72. The number of fused-ring (bicyclic) bond motifs is 2. The molecule has 4 aromatic carbocycles. The lowest BCUT2D eigenvalue weighted by atomic mass is 10.0. The Morgan fingerprint density at radius 2 is 1.53 bits per heavy atom. The number of aromatic nitrogens is 2. The van der Waals surface area contributed by atoms with Crippen molar-refractivity contribution in [2.45, 2.75) is 45.1 Å². The van der Waals surface area contributed by atoms with Crippen molar-refractivity contribution in [1.82, 2.24) is 14.9 Å². The predicted molar refractivity (Wildman–Crippen MR) is 148 cm³/mol. The van der Waals surface area contributed by atoms with Gasteiger partial charge in [0.05, 0.1) is 11.0 Å². The number of para-hydroxylation sites is 2. The standard InChI is InChI=1S/C32H33N3O/c36-32(22-21-25-12-3-1-4-13-25)33-23-10-2-5-20-31-34-29-18-8-9-19-30(29)35(31)24-27-16-11-15-26-14-6-7-17-28(26)27/h1,3-4,6-9,11-19H,2,5,10,20-24H2,(H,33,36). The SMILES string of the molecule is O=C(CCc1ccccc1)NCCCCCc1nc2ccccc2n1Cc1cccc2ccccc12. The van der Waals surface area contributed by atoms with Crippen LogP contribution in [0, 0.1) is 0 Å². The summed E-state index contributed by atoms with van der Waals surface area (Å²) < 4.78 is 2.38. The molecule has 0 atom stereocenters. The molecule has 0 spiro atoms. The first-order valence-electron chi connectivity index (χ1n) is 13.0. The van der Waals surface area contributed by atoms with E-state index in [-0.39, 0.29) is 5.91 Å². The molecule has 0 aliphatic rings. The highest BCUT2D eigenvalue weighted by atomic mass is 16.1. The summed E-state index contributed by atoms with van der Waals surface area (Å²) in [6.45, 7) is 1.55. The molecule has 0 radical (unpaired) electrons. The van der Waals surface area contributed by atoms with Gasteiger partial charge in [-0.3, -0.25) is 4.79 Å². The minimum atomic E-state index is 0.135. The highest BCUT2D eigenvalue weighted by molar-refractivity contribution is 5.86. The molecule has 1 N–H and O–H groups in total. The second-order valence-electron chi connectivity index (χ2n) is 9.39. The van der Waals surface area contributed by atoms with E-state index in [2.05, 4.69) is 88.7 Å². The Balaban J connectivity index is 1.16. The fourth-order valence-corrected chi connectivity index (χ4v) is 4.90. The van der Waals surface area contributed by atoms with Crippen molar-refractivity contribution in [3.63, 3.8) is 0 Å². The van der Waals surface area contributed by atoms with Crippen molar-refractivity contribution in [3.05, 3.63) is 114 Å². The predicted octanol–water partition coefficient (Wildman–Crippen LogP) is 6.70. The largest absolute Gasteiger partial charge is 0.356 e. The molecule has 0 bridgehead atoms. The molecule has 0 unspecified atom stereocenters. The topological polar surface area (TPSA) is 46.9 Å². The minimum Gasteiger partial charge on any atom is -0.356 e. The van der Waals surface area contributed by atoms with Gasteiger partial charge in [-0.2, -0.15) is 0 Å². The van der Waals surface area contributed by atoms with Crippen LogP contribution in [0.1, 0.15) is 42.6 Å². The number of hydrogen-bond acceptors (Lipinski definition) is 2. The zero-order valence-electron chi connectivity index (χ0n) is 20.7. The molecular weight excluding hydrogens is 442 g/mol. The fraction of sp³-hybridized carbons (Fsp3) is 0.250. The summed E-state index contributed by atoms with van der Waals surface area (Å²) in [5, 5.41) is 5.64. The van der Waals surface area contributed by atoms with Crippen molar-refractivity contribution in [1.29, 1.82) is 0 Å².